The monoisotopic (exact) mass is 218 g/mol. The maximum Gasteiger partial charge on any atom is 0.205 e. The summed E-state index contributed by atoms with van der Waals surface area (Å²) in [6.45, 7) is 0. The number of Topliss-reactive ketones (excluding diaryl/α,β-unsaturated/α-hetero) is 1. The third kappa shape index (κ3) is 1.76. The fraction of sp³-hybridized carbons (Fsp3) is 0. The predicted molar refractivity (Wildman–Crippen MR) is 58.4 cm³/mol. The first-order valence-electron chi connectivity index (χ1n) is 4.42. The van der Waals surface area contributed by atoms with E-state index in [1.165, 1.54) is 12.2 Å². The summed E-state index contributed by atoms with van der Waals surface area (Å²) in [5.74, 6) is -0.473. The lowest BCUT2D eigenvalue weighted by Gasteiger charge is -2.09. The van der Waals surface area contributed by atoms with Crippen LogP contribution in [0.4, 0.5) is 0 Å². The first-order chi connectivity index (χ1) is 7.20. The van der Waals surface area contributed by atoms with Gasteiger partial charge in [-0.25, -0.2) is 0 Å². The fourth-order valence-corrected chi connectivity index (χ4v) is 1.58. The molecule has 0 aromatic carbocycles. The highest BCUT2D eigenvalue weighted by Gasteiger charge is 2.20. The van der Waals surface area contributed by atoms with E-state index in [0.717, 1.165) is 0 Å². The molecular weight excluding hydrogens is 212 g/mol. The second kappa shape index (κ2) is 3.83. The summed E-state index contributed by atoms with van der Waals surface area (Å²) < 4.78 is 0. The SMILES string of the molecule is O=C1C=CC=CC1=C1C=CC=C(Cl)C1=O. The summed E-state index contributed by atoms with van der Waals surface area (Å²) in [6, 6.07) is 0. The number of ketones is 2. The van der Waals surface area contributed by atoms with Crippen LogP contribution in [0.3, 0.4) is 0 Å². The highest BCUT2D eigenvalue weighted by Crippen LogP contribution is 2.22. The van der Waals surface area contributed by atoms with Gasteiger partial charge in [0.2, 0.25) is 5.78 Å². The van der Waals surface area contributed by atoms with E-state index >= 15 is 0 Å². The summed E-state index contributed by atoms with van der Waals surface area (Å²) in [5.41, 5.74) is 0.748. The minimum absolute atomic E-state index is 0.135. The molecular formula is C12H7ClO2. The molecule has 0 aliphatic heterocycles. The zero-order chi connectivity index (χ0) is 10.8. The smallest absolute Gasteiger partial charge is 0.205 e. The Morgan fingerprint density at radius 2 is 1.53 bits per heavy atom. The second-order valence-corrected chi connectivity index (χ2v) is 3.52. The number of allylic oxidation sites excluding steroid dienone is 10. The van der Waals surface area contributed by atoms with Crippen molar-refractivity contribution in [3.05, 3.63) is 58.7 Å². The van der Waals surface area contributed by atoms with Gasteiger partial charge in [-0.3, -0.25) is 9.59 Å². The van der Waals surface area contributed by atoms with Crippen LogP contribution in [0.5, 0.6) is 0 Å². The minimum atomic E-state index is -0.303. The topological polar surface area (TPSA) is 34.1 Å². The lowest BCUT2D eigenvalue weighted by molar-refractivity contribution is -0.113. The number of hydrogen-bond donors (Lipinski definition) is 0. The van der Waals surface area contributed by atoms with Crippen LogP contribution in [0.15, 0.2) is 58.7 Å². The molecule has 0 saturated carbocycles. The van der Waals surface area contributed by atoms with Crippen LogP contribution in [-0.2, 0) is 9.59 Å². The Labute approximate surface area is 91.9 Å². The van der Waals surface area contributed by atoms with Crippen LogP contribution in [0.25, 0.3) is 0 Å². The van der Waals surface area contributed by atoms with Gasteiger partial charge in [-0.15, -0.1) is 0 Å². The van der Waals surface area contributed by atoms with Crippen LogP contribution in [0, 0.1) is 0 Å². The molecule has 0 N–H and O–H groups in total. The molecule has 0 aromatic heterocycles. The Kier molecular flexibility index (Phi) is 2.52. The van der Waals surface area contributed by atoms with Crippen LogP contribution >= 0.6 is 11.6 Å². The van der Waals surface area contributed by atoms with Gasteiger partial charge in [-0.2, -0.15) is 0 Å². The zero-order valence-corrected chi connectivity index (χ0v) is 8.49. The van der Waals surface area contributed by atoms with Crippen LogP contribution < -0.4 is 0 Å². The van der Waals surface area contributed by atoms with E-state index < -0.39 is 0 Å². The molecule has 2 rings (SSSR count). The molecule has 0 aromatic rings. The Balaban J connectivity index is 2.51. The van der Waals surface area contributed by atoms with Crippen molar-refractivity contribution in [2.75, 3.05) is 0 Å². The van der Waals surface area contributed by atoms with Crippen molar-refractivity contribution in [3.8, 4) is 0 Å². The van der Waals surface area contributed by atoms with Gasteiger partial charge in [0.15, 0.2) is 5.78 Å². The van der Waals surface area contributed by atoms with E-state index in [2.05, 4.69) is 0 Å². The largest absolute Gasteiger partial charge is 0.289 e. The van der Waals surface area contributed by atoms with Gasteiger partial charge in [0.05, 0.1) is 5.03 Å². The summed E-state index contributed by atoms with van der Waals surface area (Å²) in [6.07, 6.45) is 11.2. The van der Waals surface area contributed by atoms with E-state index in [-0.39, 0.29) is 16.6 Å². The summed E-state index contributed by atoms with van der Waals surface area (Å²) in [4.78, 5) is 23.2. The molecule has 0 bridgehead atoms. The van der Waals surface area contributed by atoms with Crippen molar-refractivity contribution in [1.29, 1.82) is 0 Å². The highest BCUT2D eigenvalue weighted by molar-refractivity contribution is 6.46. The van der Waals surface area contributed by atoms with E-state index in [0.29, 0.717) is 11.1 Å². The summed E-state index contributed by atoms with van der Waals surface area (Å²) in [5, 5.41) is 0.135. The van der Waals surface area contributed by atoms with Crippen molar-refractivity contribution in [1.82, 2.24) is 0 Å². The summed E-state index contributed by atoms with van der Waals surface area (Å²) in [7, 11) is 0. The predicted octanol–water partition coefficient (Wildman–Crippen LogP) is 2.24. The quantitative estimate of drug-likeness (QED) is 0.585. The van der Waals surface area contributed by atoms with Gasteiger partial charge in [0.1, 0.15) is 0 Å². The van der Waals surface area contributed by atoms with Gasteiger partial charge in [-0.1, -0.05) is 42.0 Å². The van der Waals surface area contributed by atoms with Crippen molar-refractivity contribution in [2.45, 2.75) is 0 Å². The lowest BCUT2D eigenvalue weighted by atomic mass is 9.94. The molecule has 2 aliphatic carbocycles. The number of rotatable bonds is 0. The summed E-state index contributed by atoms with van der Waals surface area (Å²) >= 11 is 5.70. The molecule has 0 radical (unpaired) electrons. The van der Waals surface area contributed by atoms with E-state index in [1.54, 1.807) is 30.4 Å². The molecule has 0 spiro atoms. The third-order valence-corrected chi connectivity index (χ3v) is 2.44. The van der Waals surface area contributed by atoms with Crippen molar-refractivity contribution in [3.63, 3.8) is 0 Å². The maximum absolute atomic E-state index is 11.7. The molecule has 0 heterocycles. The van der Waals surface area contributed by atoms with E-state index in [1.807, 2.05) is 0 Å². The maximum atomic E-state index is 11.7. The number of carbonyl (C=O) groups excluding carboxylic acids is 2. The minimum Gasteiger partial charge on any atom is -0.289 e. The van der Waals surface area contributed by atoms with Crippen LogP contribution in [-0.4, -0.2) is 11.6 Å². The first-order valence-corrected chi connectivity index (χ1v) is 4.80. The Morgan fingerprint density at radius 3 is 2.27 bits per heavy atom. The van der Waals surface area contributed by atoms with Crippen LogP contribution in [0.1, 0.15) is 0 Å². The molecule has 0 saturated heterocycles. The number of halogens is 1. The molecule has 0 atom stereocenters. The van der Waals surface area contributed by atoms with Crippen molar-refractivity contribution < 1.29 is 9.59 Å². The first kappa shape index (κ1) is 9.87. The van der Waals surface area contributed by atoms with Gasteiger partial charge >= 0.3 is 0 Å². The van der Waals surface area contributed by atoms with Gasteiger partial charge in [0.25, 0.3) is 0 Å². The van der Waals surface area contributed by atoms with E-state index in [4.69, 9.17) is 11.6 Å². The lowest BCUT2D eigenvalue weighted by Crippen LogP contribution is -2.11. The standard InChI is InChI=1S/C12H7ClO2/c13-10-6-3-5-9(12(10)15)8-4-1-2-7-11(8)14/h1-7H. The fourth-order valence-electron chi connectivity index (χ4n) is 1.41. The zero-order valence-electron chi connectivity index (χ0n) is 7.74. The second-order valence-electron chi connectivity index (χ2n) is 3.11. The van der Waals surface area contributed by atoms with Gasteiger partial charge < -0.3 is 0 Å². The molecule has 2 aliphatic rings. The van der Waals surface area contributed by atoms with Gasteiger partial charge in [-0.05, 0) is 12.2 Å². The molecule has 0 unspecified atom stereocenters. The number of carbonyl (C=O) groups is 2. The Hall–Kier alpha value is -1.67. The molecule has 3 heteroatoms. The highest BCUT2D eigenvalue weighted by atomic mass is 35.5. The van der Waals surface area contributed by atoms with Gasteiger partial charge in [0, 0.05) is 11.1 Å². The molecule has 0 fully saturated rings. The molecule has 0 amide bonds. The van der Waals surface area contributed by atoms with E-state index in [9.17, 15) is 9.59 Å². The molecule has 2 nitrogen and oxygen atoms in total. The average molecular weight is 219 g/mol. The average Bonchev–Trinajstić information content (AvgIpc) is 2.23. The Morgan fingerprint density at radius 1 is 0.867 bits per heavy atom. The molecule has 15 heavy (non-hydrogen) atoms. The van der Waals surface area contributed by atoms with Crippen LogP contribution in [0.2, 0.25) is 0 Å². The number of hydrogen-bond acceptors (Lipinski definition) is 2. The normalized spacial score (nSPS) is 24.7. The van der Waals surface area contributed by atoms with Crippen molar-refractivity contribution >= 4 is 23.2 Å². The molecule has 74 valence electrons. The third-order valence-electron chi connectivity index (χ3n) is 2.14. The van der Waals surface area contributed by atoms with Crippen molar-refractivity contribution in [2.24, 2.45) is 0 Å². The Bertz CT molecular complexity index is 488.